The van der Waals surface area contributed by atoms with Gasteiger partial charge in [-0.3, -0.25) is 4.79 Å². The summed E-state index contributed by atoms with van der Waals surface area (Å²) in [6, 6.07) is 17.3. The molecule has 172 valence electrons. The van der Waals surface area contributed by atoms with E-state index in [4.69, 9.17) is 4.74 Å². The van der Waals surface area contributed by atoms with Gasteiger partial charge >= 0.3 is 0 Å². The average Bonchev–Trinajstić information content (AvgIpc) is 3.29. The van der Waals surface area contributed by atoms with E-state index in [9.17, 15) is 10.1 Å². The Balaban J connectivity index is 1.32. The largest absolute Gasteiger partial charge is 0.385 e. The van der Waals surface area contributed by atoms with Crippen molar-refractivity contribution in [1.82, 2.24) is 20.3 Å². The topological polar surface area (TPSA) is 116 Å². The molecule has 0 spiro atoms. The zero-order valence-electron chi connectivity index (χ0n) is 19.0. The molecule has 34 heavy (non-hydrogen) atoms. The van der Waals surface area contributed by atoms with Crippen LogP contribution >= 0.6 is 0 Å². The van der Waals surface area contributed by atoms with Crippen LogP contribution < -0.4 is 10.6 Å². The first kappa shape index (κ1) is 23.0. The third-order valence-electron chi connectivity index (χ3n) is 5.47. The second-order valence-corrected chi connectivity index (χ2v) is 7.82. The monoisotopic (exact) mass is 454 g/mol. The smallest absolute Gasteiger partial charge is 0.251 e. The molecule has 4 rings (SSSR count). The predicted octanol–water partition coefficient (Wildman–Crippen LogP) is 3.92. The van der Waals surface area contributed by atoms with Crippen LogP contribution in [0.5, 0.6) is 0 Å². The number of nitrogens with one attached hydrogen (secondary N) is 3. The van der Waals surface area contributed by atoms with Crippen LogP contribution in [0.4, 0.5) is 5.95 Å². The van der Waals surface area contributed by atoms with E-state index in [0.29, 0.717) is 36.6 Å². The summed E-state index contributed by atoms with van der Waals surface area (Å²) in [5.41, 5.74) is 4.90. The molecule has 2 aromatic heterocycles. The number of benzene rings is 2. The summed E-state index contributed by atoms with van der Waals surface area (Å²) in [4.78, 5) is 24.4. The zero-order valence-corrected chi connectivity index (χ0v) is 19.0. The van der Waals surface area contributed by atoms with Crippen molar-refractivity contribution in [1.29, 1.82) is 5.26 Å². The van der Waals surface area contributed by atoms with Gasteiger partial charge in [-0.2, -0.15) is 5.26 Å². The van der Waals surface area contributed by atoms with Crippen LogP contribution in [-0.4, -0.2) is 47.7 Å². The Labute approximate surface area is 198 Å². The van der Waals surface area contributed by atoms with Gasteiger partial charge in [0, 0.05) is 61.2 Å². The SMILES string of the molecule is COCCCNc1nccc(-c2ccc(C(=O)NCCc3ccc4[nH]cc(C#N)c4c3)cc2)n1. The summed E-state index contributed by atoms with van der Waals surface area (Å²) in [6.07, 6.45) is 4.97. The van der Waals surface area contributed by atoms with Crippen molar-refractivity contribution in [3.05, 3.63) is 77.6 Å². The molecule has 2 heterocycles. The highest BCUT2D eigenvalue weighted by Crippen LogP contribution is 2.20. The second kappa shape index (κ2) is 11.1. The van der Waals surface area contributed by atoms with E-state index in [1.807, 2.05) is 36.4 Å². The highest BCUT2D eigenvalue weighted by atomic mass is 16.5. The van der Waals surface area contributed by atoms with Crippen molar-refractivity contribution in [3.8, 4) is 17.3 Å². The first-order valence-electron chi connectivity index (χ1n) is 11.1. The van der Waals surface area contributed by atoms with Gasteiger partial charge in [-0.05, 0) is 48.7 Å². The third-order valence-corrected chi connectivity index (χ3v) is 5.47. The van der Waals surface area contributed by atoms with Crippen molar-refractivity contribution in [3.63, 3.8) is 0 Å². The number of aromatic nitrogens is 3. The highest BCUT2D eigenvalue weighted by molar-refractivity contribution is 5.94. The molecule has 0 aliphatic heterocycles. The fraction of sp³-hybridized carbons (Fsp3) is 0.231. The number of H-pyrrole nitrogens is 1. The summed E-state index contributed by atoms with van der Waals surface area (Å²) < 4.78 is 5.05. The van der Waals surface area contributed by atoms with Gasteiger partial charge in [0.25, 0.3) is 5.91 Å². The number of carbonyl (C=O) groups is 1. The molecule has 8 heteroatoms. The molecule has 2 aromatic carbocycles. The Morgan fingerprint density at radius 1 is 1.15 bits per heavy atom. The van der Waals surface area contributed by atoms with Gasteiger partial charge in [0.2, 0.25) is 5.95 Å². The maximum atomic E-state index is 12.6. The van der Waals surface area contributed by atoms with Gasteiger partial charge in [-0.1, -0.05) is 18.2 Å². The summed E-state index contributed by atoms with van der Waals surface area (Å²) in [5, 5.41) is 16.3. The van der Waals surface area contributed by atoms with Crippen LogP contribution in [0.3, 0.4) is 0 Å². The van der Waals surface area contributed by atoms with Crippen LogP contribution in [0.2, 0.25) is 0 Å². The number of aromatic amines is 1. The number of anilines is 1. The van der Waals surface area contributed by atoms with Crippen LogP contribution in [-0.2, 0) is 11.2 Å². The third kappa shape index (κ3) is 5.57. The van der Waals surface area contributed by atoms with Crippen LogP contribution in [0, 0.1) is 11.3 Å². The lowest BCUT2D eigenvalue weighted by Crippen LogP contribution is -2.25. The number of nitrogens with zero attached hydrogens (tertiary/aromatic N) is 3. The van der Waals surface area contributed by atoms with Crippen LogP contribution in [0.25, 0.3) is 22.2 Å². The number of nitriles is 1. The van der Waals surface area contributed by atoms with E-state index in [1.165, 1.54) is 0 Å². The lowest BCUT2D eigenvalue weighted by Gasteiger charge is -2.08. The van der Waals surface area contributed by atoms with E-state index in [1.54, 1.807) is 31.6 Å². The standard InChI is InChI=1S/C26H26N6O2/c1-34-14-2-11-29-26-30-13-10-23(32-26)19-4-6-20(7-5-19)25(33)28-12-9-18-3-8-24-22(15-18)21(16-27)17-31-24/h3-8,10,13,15,17,31H,2,9,11-12,14H2,1H3,(H,28,33)(H,29,30,32). The Hall–Kier alpha value is -4.22. The molecule has 0 atom stereocenters. The molecule has 0 unspecified atom stereocenters. The summed E-state index contributed by atoms with van der Waals surface area (Å²) in [5.74, 6) is 0.435. The molecule has 0 aliphatic carbocycles. The molecular formula is C26H26N6O2. The number of hydrogen-bond donors (Lipinski definition) is 3. The van der Waals surface area contributed by atoms with E-state index in [-0.39, 0.29) is 5.91 Å². The molecule has 3 N–H and O–H groups in total. The molecule has 0 bridgehead atoms. The summed E-state index contributed by atoms with van der Waals surface area (Å²) in [7, 11) is 1.68. The minimum Gasteiger partial charge on any atom is -0.385 e. The van der Waals surface area contributed by atoms with E-state index < -0.39 is 0 Å². The lowest BCUT2D eigenvalue weighted by atomic mass is 10.1. The van der Waals surface area contributed by atoms with Crippen LogP contribution in [0.1, 0.15) is 27.9 Å². The molecule has 1 amide bonds. The quantitative estimate of drug-likeness (QED) is 0.313. The molecule has 0 aliphatic rings. The number of amides is 1. The summed E-state index contributed by atoms with van der Waals surface area (Å²) in [6.45, 7) is 1.91. The van der Waals surface area contributed by atoms with Gasteiger partial charge < -0.3 is 20.4 Å². The molecule has 0 radical (unpaired) electrons. The number of methoxy groups -OCH3 is 1. The fourth-order valence-electron chi connectivity index (χ4n) is 3.65. The van der Waals surface area contributed by atoms with Gasteiger partial charge in [0.05, 0.1) is 11.3 Å². The van der Waals surface area contributed by atoms with Crippen molar-refractivity contribution in [2.45, 2.75) is 12.8 Å². The number of rotatable bonds is 10. The Morgan fingerprint density at radius 2 is 2.00 bits per heavy atom. The van der Waals surface area contributed by atoms with E-state index in [0.717, 1.165) is 40.7 Å². The first-order chi connectivity index (χ1) is 16.7. The number of ether oxygens (including phenoxy) is 1. The zero-order chi connectivity index (χ0) is 23.8. The lowest BCUT2D eigenvalue weighted by molar-refractivity contribution is 0.0954. The molecule has 0 fully saturated rings. The van der Waals surface area contributed by atoms with Gasteiger partial charge in [-0.25, -0.2) is 9.97 Å². The normalized spacial score (nSPS) is 10.7. The second-order valence-electron chi connectivity index (χ2n) is 7.82. The van der Waals surface area contributed by atoms with Gasteiger partial charge in [0.15, 0.2) is 0 Å². The maximum Gasteiger partial charge on any atom is 0.251 e. The number of fused-ring (bicyclic) bond motifs is 1. The van der Waals surface area contributed by atoms with Crippen molar-refractivity contribution >= 4 is 22.8 Å². The molecule has 0 saturated carbocycles. The van der Waals surface area contributed by atoms with Crippen molar-refractivity contribution in [2.24, 2.45) is 0 Å². The van der Waals surface area contributed by atoms with E-state index >= 15 is 0 Å². The molecule has 4 aromatic rings. The van der Waals surface area contributed by atoms with Crippen molar-refractivity contribution in [2.75, 3.05) is 32.1 Å². The Kier molecular flexibility index (Phi) is 7.48. The highest BCUT2D eigenvalue weighted by Gasteiger charge is 2.08. The number of hydrogen-bond acceptors (Lipinski definition) is 6. The molecule has 0 saturated heterocycles. The Bertz CT molecular complexity index is 1310. The van der Waals surface area contributed by atoms with Crippen molar-refractivity contribution < 1.29 is 9.53 Å². The average molecular weight is 455 g/mol. The van der Waals surface area contributed by atoms with Gasteiger partial charge in [-0.15, -0.1) is 0 Å². The Morgan fingerprint density at radius 3 is 2.79 bits per heavy atom. The van der Waals surface area contributed by atoms with Crippen LogP contribution in [0.15, 0.2) is 60.9 Å². The maximum absolute atomic E-state index is 12.6. The van der Waals surface area contributed by atoms with E-state index in [2.05, 4.69) is 31.7 Å². The summed E-state index contributed by atoms with van der Waals surface area (Å²) >= 11 is 0. The minimum absolute atomic E-state index is 0.129. The first-order valence-corrected chi connectivity index (χ1v) is 11.1. The minimum atomic E-state index is -0.129. The van der Waals surface area contributed by atoms with Gasteiger partial charge in [0.1, 0.15) is 6.07 Å². The molecule has 8 nitrogen and oxygen atoms in total. The molecular weight excluding hydrogens is 428 g/mol. The fourth-order valence-corrected chi connectivity index (χ4v) is 3.65. The predicted molar refractivity (Wildman–Crippen MR) is 132 cm³/mol. The number of carbonyl (C=O) groups excluding carboxylic acids is 1.